The van der Waals surface area contributed by atoms with Gasteiger partial charge in [0.25, 0.3) is 5.54 Å². The molecule has 2 aliphatic carbocycles. The number of allylic oxidation sites excluding steroid dienone is 2. The maximum absolute atomic E-state index is 13.4. The first kappa shape index (κ1) is 26.7. The number of carbonyl (C=O) groups is 3. The Kier molecular flexibility index (Phi) is 7.12. The third-order valence-corrected chi connectivity index (χ3v) is 7.51. The van der Waals surface area contributed by atoms with Crippen LogP contribution < -0.4 is 10.2 Å². The Morgan fingerprint density at radius 1 is 1.32 bits per heavy atom. The number of halogens is 4. The standard InChI is InChI=1S/C23H19ClF3N3O6S/c1-37-17-11-14(36-20(24)32)8-9-22(17,30(34)35)19-18-15(6-3-7-16(18)31)29(21(33)28-19)13-5-2-4-12(10-13)23(25,26)27/h2,4-5,8-11,17,19H,3,6-7H2,1H3,(H,28,33). The summed E-state index contributed by atoms with van der Waals surface area (Å²) >= 11 is 6.29. The van der Waals surface area contributed by atoms with E-state index in [1.165, 1.54) is 12.1 Å². The van der Waals surface area contributed by atoms with E-state index in [2.05, 4.69) is 5.32 Å². The minimum absolute atomic E-state index is 0.0464. The van der Waals surface area contributed by atoms with Crippen molar-refractivity contribution >= 4 is 46.3 Å². The van der Waals surface area contributed by atoms with Crippen LogP contribution in [0.1, 0.15) is 24.8 Å². The van der Waals surface area contributed by atoms with E-state index < -0.39 is 50.7 Å². The Bertz CT molecular complexity index is 1280. The summed E-state index contributed by atoms with van der Waals surface area (Å²) in [5.74, 6) is -0.506. The molecule has 0 radical (unpaired) electrons. The van der Waals surface area contributed by atoms with Gasteiger partial charge in [-0.2, -0.15) is 13.2 Å². The number of nitrogens with one attached hydrogen (secondary N) is 1. The van der Waals surface area contributed by atoms with E-state index in [0.29, 0.717) is 6.42 Å². The monoisotopic (exact) mass is 557 g/mol. The Hall–Kier alpha value is -3.32. The molecule has 0 bridgehead atoms. The highest BCUT2D eigenvalue weighted by Crippen LogP contribution is 2.44. The Balaban J connectivity index is 1.88. The number of hydrogen-bond acceptors (Lipinski definition) is 7. The fraction of sp³-hybridized carbons (Fsp3) is 0.348. The predicted octanol–water partition coefficient (Wildman–Crippen LogP) is 5.19. The van der Waals surface area contributed by atoms with Gasteiger partial charge in [-0.3, -0.25) is 19.8 Å². The SMILES string of the molecule is CSC1C=C(OC(=O)Cl)C=CC1(C1NC(=O)N(c2cccc(C(F)(F)F)c2)C2=C1C(=O)CCC2)[N+](=O)[O-]. The first-order chi connectivity index (χ1) is 17.4. The van der Waals surface area contributed by atoms with Crippen molar-refractivity contribution in [1.82, 2.24) is 5.32 Å². The van der Waals surface area contributed by atoms with Crippen molar-refractivity contribution in [3.05, 3.63) is 75.2 Å². The molecule has 3 atom stereocenters. The maximum Gasteiger partial charge on any atom is 0.416 e. The van der Waals surface area contributed by atoms with Gasteiger partial charge < -0.3 is 10.1 Å². The molecule has 0 fully saturated rings. The average molecular weight is 558 g/mol. The van der Waals surface area contributed by atoms with Gasteiger partial charge in [-0.25, -0.2) is 9.59 Å². The first-order valence-corrected chi connectivity index (χ1v) is 12.6. The number of benzene rings is 1. The molecule has 1 aromatic rings. The number of anilines is 1. The Labute approximate surface area is 217 Å². The van der Waals surface area contributed by atoms with Gasteiger partial charge in [-0.15, -0.1) is 11.8 Å². The van der Waals surface area contributed by atoms with Crippen LogP contribution in [-0.2, 0) is 15.7 Å². The fourth-order valence-electron chi connectivity index (χ4n) is 4.83. The number of ether oxygens (including phenoxy) is 1. The second kappa shape index (κ2) is 9.86. The highest BCUT2D eigenvalue weighted by Gasteiger charge is 2.61. The van der Waals surface area contributed by atoms with Gasteiger partial charge in [0.15, 0.2) is 5.78 Å². The van der Waals surface area contributed by atoms with Crippen LogP contribution in [0.3, 0.4) is 0 Å². The summed E-state index contributed by atoms with van der Waals surface area (Å²) in [4.78, 5) is 50.7. The lowest BCUT2D eigenvalue weighted by molar-refractivity contribution is -0.555. The number of ketones is 1. The van der Waals surface area contributed by atoms with E-state index in [1.54, 1.807) is 6.26 Å². The number of amides is 2. The number of Topliss-reactive ketones (excluding diaryl/α,β-unsaturated/α-hetero) is 1. The zero-order valence-electron chi connectivity index (χ0n) is 19.1. The van der Waals surface area contributed by atoms with E-state index in [1.807, 2.05) is 0 Å². The number of thioether (sulfide) groups is 1. The number of alkyl halides is 3. The number of rotatable bonds is 5. The molecule has 2 amide bonds. The summed E-state index contributed by atoms with van der Waals surface area (Å²) in [6.07, 6.45) is 1.01. The van der Waals surface area contributed by atoms with Crippen LogP contribution in [0, 0.1) is 10.1 Å². The molecule has 1 heterocycles. The Morgan fingerprint density at radius 3 is 2.68 bits per heavy atom. The summed E-state index contributed by atoms with van der Waals surface area (Å²) in [5, 5.41) is 14.1. The molecule has 196 valence electrons. The molecule has 1 N–H and O–H groups in total. The molecular weight excluding hydrogens is 539 g/mol. The van der Waals surface area contributed by atoms with Gasteiger partial charge >= 0.3 is 17.6 Å². The quantitative estimate of drug-likeness (QED) is 0.301. The minimum Gasteiger partial charge on any atom is -0.415 e. The van der Waals surface area contributed by atoms with Gasteiger partial charge in [0.1, 0.15) is 17.1 Å². The summed E-state index contributed by atoms with van der Waals surface area (Å²) in [6.45, 7) is 0. The number of nitrogens with zero attached hydrogens (tertiary/aromatic N) is 2. The van der Waals surface area contributed by atoms with Crippen molar-refractivity contribution in [2.45, 2.75) is 42.3 Å². The van der Waals surface area contributed by atoms with Crippen LogP contribution in [0.15, 0.2) is 59.5 Å². The zero-order chi connectivity index (χ0) is 27.1. The molecule has 9 nitrogen and oxygen atoms in total. The second-order valence-corrected chi connectivity index (χ2v) is 9.73. The number of urea groups is 1. The summed E-state index contributed by atoms with van der Waals surface area (Å²) in [6, 6.07) is 1.72. The number of nitro groups is 1. The molecule has 0 spiro atoms. The fourth-order valence-corrected chi connectivity index (χ4v) is 5.86. The molecule has 4 rings (SSSR count). The summed E-state index contributed by atoms with van der Waals surface area (Å²) in [7, 11) is 0. The van der Waals surface area contributed by atoms with Crippen LogP contribution in [0.5, 0.6) is 0 Å². The van der Waals surface area contributed by atoms with Crippen molar-refractivity contribution in [1.29, 1.82) is 0 Å². The largest absolute Gasteiger partial charge is 0.416 e. The highest BCUT2D eigenvalue weighted by molar-refractivity contribution is 7.99. The summed E-state index contributed by atoms with van der Waals surface area (Å²) < 4.78 is 44.9. The molecule has 37 heavy (non-hydrogen) atoms. The van der Waals surface area contributed by atoms with Gasteiger partial charge in [0.2, 0.25) is 0 Å². The normalized spacial score (nSPS) is 25.9. The smallest absolute Gasteiger partial charge is 0.415 e. The van der Waals surface area contributed by atoms with E-state index in [0.717, 1.165) is 47.0 Å². The molecule has 1 aromatic carbocycles. The first-order valence-electron chi connectivity index (χ1n) is 10.9. The van der Waals surface area contributed by atoms with Crippen LogP contribution in [0.25, 0.3) is 0 Å². The second-order valence-electron chi connectivity index (χ2n) is 8.45. The molecular formula is C23H19ClF3N3O6S. The lowest BCUT2D eigenvalue weighted by atomic mass is 9.74. The van der Waals surface area contributed by atoms with Gasteiger partial charge in [0, 0.05) is 34.2 Å². The van der Waals surface area contributed by atoms with E-state index in [4.69, 9.17) is 16.3 Å². The third-order valence-electron chi connectivity index (χ3n) is 6.41. The lowest BCUT2D eigenvalue weighted by Gasteiger charge is -2.44. The predicted molar refractivity (Wildman–Crippen MR) is 129 cm³/mol. The zero-order valence-corrected chi connectivity index (χ0v) is 20.7. The number of hydrogen-bond donors (Lipinski definition) is 1. The Morgan fingerprint density at radius 2 is 2.05 bits per heavy atom. The van der Waals surface area contributed by atoms with E-state index >= 15 is 0 Å². The van der Waals surface area contributed by atoms with Crippen molar-refractivity contribution in [2.75, 3.05) is 11.2 Å². The van der Waals surface area contributed by atoms with Gasteiger partial charge in [-0.1, -0.05) is 6.07 Å². The van der Waals surface area contributed by atoms with E-state index in [9.17, 15) is 37.7 Å². The topological polar surface area (TPSA) is 119 Å². The average Bonchev–Trinajstić information content (AvgIpc) is 2.82. The summed E-state index contributed by atoms with van der Waals surface area (Å²) in [5.41, 5.74) is -4.28. The maximum atomic E-state index is 13.4. The molecule has 0 saturated carbocycles. The van der Waals surface area contributed by atoms with Crippen molar-refractivity contribution in [2.24, 2.45) is 0 Å². The van der Waals surface area contributed by atoms with Crippen LogP contribution >= 0.6 is 23.4 Å². The van der Waals surface area contributed by atoms with Crippen LogP contribution in [0.2, 0.25) is 0 Å². The highest BCUT2D eigenvalue weighted by atomic mass is 35.5. The molecule has 14 heteroatoms. The molecule has 0 aromatic heterocycles. The van der Waals surface area contributed by atoms with E-state index in [-0.39, 0.29) is 35.6 Å². The molecule has 0 saturated heterocycles. The lowest BCUT2D eigenvalue weighted by Crippen LogP contribution is -2.67. The van der Waals surface area contributed by atoms with Crippen LogP contribution in [-0.4, -0.2) is 45.3 Å². The molecule has 3 unspecified atom stereocenters. The molecule has 3 aliphatic rings. The van der Waals surface area contributed by atoms with Crippen molar-refractivity contribution in [3.63, 3.8) is 0 Å². The third kappa shape index (κ3) is 4.73. The van der Waals surface area contributed by atoms with Crippen LogP contribution in [0.4, 0.5) is 28.4 Å². The van der Waals surface area contributed by atoms with Gasteiger partial charge in [-0.05, 0) is 55.5 Å². The van der Waals surface area contributed by atoms with Gasteiger partial charge in [0.05, 0.1) is 11.3 Å². The minimum atomic E-state index is -4.67. The van der Waals surface area contributed by atoms with Crippen molar-refractivity contribution < 1.29 is 37.2 Å². The number of carbonyl (C=O) groups excluding carboxylic acids is 3. The molecule has 1 aliphatic heterocycles. The van der Waals surface area contributed by atoms with Crippen molar-refractivity contribution in [3.8, 4) is 0 Å².